The van der Waals surface area contributed by atoms with E-state index in [1.54, 1.807) is 14.1 Å². The summed E-state index contributed by atoms with van der Waals surface area (Å²) in [6.07, 6.45) is -2.67. The van der Waals surface area contributed by atoms with Crippen molar-refractivity contribution < 1.29 is 36.7 Å². The lowest BCUT2D eigenvalue weighted by molar-refractivity contribution is -0.134. The molecule has 2 aromatic heterocycles. The number of benzene rings is 1. The van der Waals surface area contributed by atoms with Gasteiger partial charge in [-0.2, -0.15) is 13.2 Å². The van der Waals surface area contributed by atoms with E-state index in [0.717, 1.165) is 21.7 Å². The van der Waals surface area contributed by atoms with E-state index < -0.39 is 48.5 Å². The minimum absolute atomic E-state index is 0.0133. The van der Waals surface area contributed by atoms with E-state index in [9.17, 15) is 36.7 Å². The average Bonchev–Trinajstić information content (AvgIpc) is 3.32. The number of allylic oxidation sites excluding steroid dienone is 1. The van der Waals surface area contributed by atoms with Gasteiger partial charge in [-0.15, -0.1) is 0 Å². The van der Waals surface area contributed by atoms with Crippen LogP contribution in [0.4, 0.5) is 28.0 Å². The van der Waals surface area contributed by atoms with Crippen molar-refractivity contribution in [1.82, 2.24) is 24.3 Å². The molecule has 3 rings (SSSR count). The molecule has 2 heterocycles. The van der Waals surface area contributed by atoms with Crippen LogP contribution in [-0.4, -0.2) is 82.7 Å². The summed E-state index contributed by atoms with van der Waals surface area (Å²) in [5.41, 5.74) is -0.0372. The van der Waals surface area contributed by atoms with E-state index in [0.29, 0.717) is 16.6 Å². The minimum atomic E-state index is -4.41. The number of aromatic nitrogens is 3. The molecule has 0 fully saturated rings. The lowest BCUT2D eigenvalue weighted by Crippen LogP contribution is -2.37. The van der Waals surface area contributed by atoms with E-state index in [4.69, 9.17) is 4.74 Å². The summed E-state index contributed by atoms with van der Waals surface area (Å²) in [6, 6.07) is 3.72. The van der Waals surface area contributed by atoms with Crippen LogP contribution >= 0.6 is 0 Å². The first-order valence-electron chi connectivity index (χ1n) is 13.1. The number of aromatic amines is 1. The van der Waals surface area contributed by atoms with Crippen molar-refractivity contribution in [2.45, 2.75) is 44.5 Å². The van der Waals surface area contributed by atoms with Crippen LogP contribution in [0.5, 0.6) is 0 Å². The quantitative estimate of drug-likeness (QED) is 0.252. The molecule has 0 spiro atoms. The molecule has 2 N–H and O–H groups in total. The zero-order chi connectivity index (χ0) is 31.9. The fourth-order valence-corrected chi connectivity index (χ4v) is 3.99. The molecule has 3 aromatic rings. The summed E-state index contributed by atoms with van der Waals surface area (Å²) < 4.78 is 58.8. The van der Waals surface area contributed by atoms with Crippen molar-refractivity contribution in [2.24, 2.45) is 0 Å². The Kier molecular flexibility index (Phi) is 10.7. The number of hydrogen-bond donors (Lipinski definition) is 2. The highest BCUT2D eigenvalue weighted by atomic mass is 19.4. The molecular formula is C28H32F4N6O5. The molecule has 3 amide bonds. The second-order valence-electron chi connectivity index (χ2n) is 10.1. The van der Waals surface area contributed by atoms with Gasteiger partial charge in [-0.3, -0.25) is 19.0 Å². The number of carbonyl (C=O) groups excluding carboxylic acids is 3. The molecule has 0 aliphatic carbocycles. The minimum Gasteiger partial charge on any atom is -0.436 e. The third kappa shape index (κ3) is 9.41. The molecule has 1 atom stereocenters. The molecule has 1 unspecified atom stereocenters. The van der Waals surface area contributed by atoms with Gasteiger partial charge in [0.25, 0.3) is 11.5 Å². The van der Waals surface area contributed by atoms with Crippen LogP contribution < -0.4 is 10.9 Å². The predicted octanol–water partition coefficient (Wildman–Crippen LogP) is 3.84. The van der Waals surface area contributed by atoms with E-state index in [2.05, 4.69) is 15.3 Å². The monoisotopic (exact) mass is 608 g/mol. The zero-order valence-corrected chi connectivity index (χ0v) is 24.0. The number of alkyl halides is 3. The lowest BCUT2D eigenvalue weighted by Gasteiger charge is -2.19. The van der Waals surface area contributed by atoms with Gasteiger partial charge in [0.1, 0.15) is 11.5 Å². The number of amides is 3. The Hall–Kier alpha value is -4.69. The second kappa shape index (κ2) is 14.0. The summed E-state index contributed by atoms with van der Waals surface area (Å²) in [7, 11) is 6.03. The summed E-state index contributed by atoms with van der Waals surface area (Å²) in [4.78, 5) is 59.5. The maximum atomic E-state index is 14.1. The van der Waals surface area contributed by atoms with Crippen LogP contribution in [0.15, 0.2) is 47.7 Å². The number of rotatable bonds is 11. The molecular weight excluding hydrogens is 576 g/mol. The molecule has 0 saturated heterocycles. The van der Waals surface area contributed by atoms with Crippen molar-refractivity contribution in [2.75, 3.05) is 33.5 Å². The van der Waals surface area contributed by atoms with Gasteiger partial charge in [0.2, 0.25) is 5.91 Å². The second-order valence-corrected chi connectivity index (χ2v) is 10.1. The highest BCUT2D eigenvalue weighted by Crippen LogP contribution is 2.27. The molecule has 15 heteroatoms. The van der Waals surface area contributed by atoms with E-state index in [-0.39, 0.29) is 36.5 Å². The van der Waals surface area contributed by atoms with E-state index >= 15 is 0 Å². The van der Waals surface area contributed by atoms with Gasteiger partial charge < -0.3 is 24.8 Å². The Morgan fingerprint density at radius 3 is 2.51 bits per heavy atom. The Morgan fingerprint density at radius 2 is 1.86 bits per heavy atom. The molecule has 0 aliphatic rings. The number of likely N-dealkylation sites (N-methyl/N-ethyl adjacent to an activating group) is 1. The number of aryl methyl sites for hydroxylation is 1. The number of carbonyl (C=O) groups is 3. The first-order chi connectivity index (χ1) is 20.1. The van der Waals surface area contributed by atoms with Gasteiger partial charge in [0.15, 0.2) is 6.10 Å². The number of anilines is 1. The van der Waals surface area contributed by atoms with Crippen LogP contribution in [0.3, 0.4) is 0 Å². The molecule has 1 aromatic carbocycles. The maximum absolute atomic E-state index is 14.1. The van der Waals surface area contributed by atoms with E-state index in [1.807, 2.05) is 0 Å². The summed E-state index contributed by atoms with van der Waals surface area (Å²) in [5.74, 6) is -1.75. The molecule has 11 nitrogen and oxygen atoms in total. The summed E-state index contributed by atoms with van der Waals surface area (Å²) in [6.45, 7) is -0.117. The van der Waals surface area contributed by atoms with Crippen molar-refractivity contribution >= 4 is 34.5 Å². The van der Waals surface area contributed by atoms with Crippen LogP contribution in [-0.2, 0) is 27.3 Å². The molecule has 0 saturated carbocycles. The standard InChI is InChI=1S/C28H32F4N6O5/c1-36(2)23(39)8-6-5-7-22(43-27(42)37(3)4)25(40)35-21-14-33-16-38(26(21)41)15-20-13-18-12-19(29)11-17(24(18)34-20)9-10-28(30,31)32/h6,8,11-14,16,22,34H,5,7,9-10,15H2,1-4H3,(H,35,40). The molecule has 0 radical (unpaired) electrons. The normalized spacial score (nSPS) is 12.4. The fourth-order valence-electron chi connectivity index (χ4n) is 3.99. The number of hydrogen-bond acceptors (Lipinski definition) is 6. The number of nitrogens with one attached hydrogen (secondary N) is 2. The maximum Gasteiger partial charge on any atom is 0.410 e. The van der Waals surface area contributed by atoms with Crippen LogP contribution in [0, 0.1) is 5.82 Å². The lowest BCUT2D eigenvalue weighted by atomic mass is 10.1. The third-order valence-corrected chi connectivity index (χ3v) is 6.21. The van der Waals surface area contributed by atoms with Gasteiger partial charge in [-0.1, -0.05) is 6.08 Å². The zero-order valence-electron chi connectivity index (χ0n) is 24.0. The highest BCUT2D eigenvalue weighted by molar-refractivity contribution is 5.95. The Bertz CT molecular complexity index is 1560. The molecule has 0 aliphatic heterocycles. The number of ether oxygens (including phenoxy) is 1. The molecule has 0 bridgehead atoms. The molecule has 43 heavy (non-hydrogen) atoms. The van der Waals surface area contributed by atoms with Crippen molar-refractivity contribution in [3.8, 4) is 0 Å². The van der Waals surface area contributed by atoms with Crippen LogP contribution in [0.25, 0.3) is 10.9 Å². The largest absolute Gasteiger partial charge is 0.436 e. The fraction of sp³-hybridized carbons (Fsp3) is 0.393. The Balaban J connectivity index is 1.79. The SMILES string of the molecule is CN(C)C(=O)C=CCCC(OC(=O)N(C)C)C(=O)Nc1cncn(Cc2cc3cc(F)cc(CCC(F)(F)F)c3[nH]2)c1=O. The topological polar surface area (TPSA) is 130 Å². The van der Waals surface area contributed by atoms with Crippen LogP contribution in [0.1, 0.15) is 30.5 Å². The van der Waals surface area contributed by atoms with Gasteiger partial charge >= 0.3 is 12.3 Å². The third-order valence-electron chi connectivity index (χ3n) is 6.21. The predicted molar refractivity (Wildman–Crippen MR) is 150 cm³/mol. The average molecular weight is 609 g/mol. The van der Waals surface area contributed by atoms with Gasteiger partial charge in [-0.05, 0) is 49.1 Å². The summed E-state index contributed by atoms with van der Waals surface area (Å²) >= 11 is 0. The van der Waals surface area contributed by atoms with Gasteiger partial charge in [0, 0.05) is 51.2 Å². The Labute approximate surface area is 244 Å². The number of H-pyrrole nitrogens is 1. The first-order valence-corrected chi connectivity index (χ1v) is 13.1. The smallest absolute Gasteiger partial charge is 0.410 e. The first kappa shape index (κ1) is 32.8. The number of halogens is 4. The van der Waals surface area contributed by atoms with Crippen LogP contribution in [0.2, 0.25) is 0 Å². The Morgan fingerprint density at radius 1 is 1.14 bits per heavy atom. The summed E-state index contributed by atoms with van der Waals surface area (Å²) in [5, 5.41) is 2.76. The van der Waals surface area contributed by atoms with Gasteiger partial charge in [0.05, 0.1) is 19.1 Å². The number of fused-ring (bicyclic) bond motifs is 1. The van der Waals surface area contributed by atoms with Crippen molar-refractivity contribution in [3.05, 3.63) is 70.3 Å². The van der Waals surface area contributed by atoms with Crippen molar-refractivity contribution in [3.63, 3.8) is 0 Å². The number of nitrogens with zero attached hydrogens (tertiary/aromatic N) is 4. The highest BCUT2D eigenvalue weighted by Gasteiger charge is 2.27. The molecule has 232 valence electrons. The van der Waals surface area contributed by atoms with Gasteiger partial charge in [-0.25, -0.2) is 14.2 Å². The van der Waals surface area contributed by atoms with E-state index in [1.165, 1.54) is 49.6 Å². The van der Waals surface area contributed by atoms with Crippen molar-refractivity contribution in [1.29, 1.82) is 0 Å².